The molecule has 5 rings (SSSR count). The third-order valence-corrected chi connectivity index (χ3v) is 6.34. The van der Waals surface area contributed by atoms with Gasteiger partial charge in [-0.2, -0.15) is 0 Å². The Kier molecular flexibility index (Phi) is 4.02. The Bertz CT molecular complexity index is 1140. The summed E-state index contributed by atoms with van der Waals surface area (Å²) in [6, 6.07) is 11.8. The van der Waals surface area contributed by atoms with E-state index < -0.39 is 0 Å². The molecule has 2 aliphatic rings. The number of carbonyl (C=O) groups is 1. The first kappa shape index (κ1) is 17.4. The van der Waals surface area contributed by atoms with Crippen LogP contribution in [0.2, 0.25) is 0 Å². The lowest BCUT2D eigenvalue weighted by molar-refractivity contribution is 0.0818. The van der Waals surface area contributed by atoms with Crippen LogP contribution in [0.3, 0.4) is 0 Å². The lowest BCUT2D eigenvalue weighted by Gasteiger charge is -2.42. The van der Waals surface area contributed by atoms with E-state index in [9.17, 15) is 9.59 Å². The number of aromatic amines is 1. The van der Waals surface area contributed by atoms with Gasteiger partial charge in [-0.1, -0.05) is 18.2 Å². The number of nitrogens with zero attached hydrogens (tertiary/aromatic N) is 2. The minimum Gasteiger partial charge on any atom is -0.358 e. The summed E-state index contributed by atoms with van der Waals surface area (Å²) in [6.07, 6.45) is 1.11. The molecule has 0 radical (unpaired) electrons. The summed E-state index contributed by atoms with van der Waals surface area (Å²) in [5.41, 5.74) is 5.21. The van der Waals surface area contributed by atoms with E-state index in [-0.39, 0.29) is 11.3 Å². The first-order valence-corrected chi connectivity index (χ1v) is 10.0. The van der Waals surface area contributed by atoms with Crippen molar-refractivity contribution in [3.8, 4) is 0 Å². The molecule has 2 unspecified atom stereocenters. The fraction of sp³-hybridized carbons (Fsp3) is 0.391. The Morgan fingerprint density at radius 3 is 2.86 bits per heavy atom. The second-order valence-electron chi connectivity index (χ2n) is 8.49. The van der Waals surface area contributed by atoms with Crippen LogP contribution in [0.4, 0.5) is 0 Å². The maximum atomic E-state index is 13.2. The van der Waals surface area contributed by atoms with E-state index in [2.05, 4.69) is 41.1 Å². The number of carbonyl (C=O) groups excluding carboxylic acids is 1. The number of hydrogen-bond donors (Lipinski definition) is 1. The van der Waals surface area contributed by atoms with Crippen LogP contribution in [-0.2, 0) is 6.54 Å². The van der Waals surface area contributed by atoms with Crippen molar-refractivity contribution < 1.29 is 4.79 Å². The molecule has 2 atom stereocenters. The number of Topliss-reactive ketones (excluding diaryl/α,β-unsaturated/α-hetero) is 1. The predicted molar refractivity (Wildman–Crippen MR) is 110 cm³/mol. The minimum atomic E-state index is 0.0986. The highest BCUT2D eigenvalue weighted by Crippen LogP contribution is 2.35. The van der Waals surface area contributed by atoms with Crippen molar-refractivity contribution in [3.63, 3.8) is 0 Å². The van der Waals surface area contributed by atoms with Gasteiger partial charge >= 0.3 is 0 Å². The van der Waals surface area contributed by atoms with Gasteiger partial charge in [0.15, 0.2) is 5.78 Å². The summed E-state index contributed by atoms with van der Waals surface area (Å²) in [4.78, 5) is 31.0. The lowest BCUT2D eigenvalue weighted by Crippen LogP contribution is -2.48. The van der Waals surface area contributed by atoms with E-state index in [1.807, 2.05) is 17.6 Å². The number of H-pyrrole nitrogens is 1. The molecule has 4 heterocycles. The van der Waals surface area contributed by atoms with Crippen molar-refractivity contribution in [1.82, 2.24) is 14.5 Å². The van der Waals surface area contributed by atoms with Crippen LogP contribution in [0.5, 0.6) is 0 Å². The summed E-state index contributed by atoms with van der Waals surface area (Å²) >= 11 is 0. The van der Waals surface area contributed by atoms with Gasteiger partial charge in [-0.25, -0.2) is 0 Å². The van der Waals surface area contributed by atoms with Crippen LogP contribution in [0, 0.1) is 19.8 Å². The molecule has 1 aromatic carbocycles. The molecule has 3 aromatic rings. The number of pyridine rings is 1. The summed E-state index contributed by atoms with van der Waals surface area (Å²) in [5, 5.41) is 1.02. The molecule has 0 saturated carbocycles. The molecule has 0 aliphatic carbocycles. The number of nitrogens with one attached hydrogen (secondary N) is 1. The molecule has 0 amide bonds. The molecule has 1 saturated heterocycles. The Morgan fingerprint density at radius 1 is 1.14 bits per heavy atom. The van der Waals surface area contributed by atoms with E-state index in [1.165, 1.54) is 5.56 Å². The summed E-state index contributed by atoms with van der Waals surface area (Å²) < 4.78 is 1.93. The number of hydrogen-bond acceptors (Lipinski definition) is 3. The van der Waals surface area contributed by atoms with Gasteiger partial charge in [0.1, 0.15) is 0 Å². The molecule has 5 nitrogen and oxygen atoms in total. The van der Waals surface area contributed by atoms with Crippen LogP contribution in [-0.4, -0.2) is 39.9 Å². The zero-order valence-corrected chi connectivity index (χ0v) is 16.4. The second kappa shape index (κ2) is 6.45. The number of piperidine rings is 1. The quantitative estimate of drug-likeness (QED) is 0.715. The average molecular weight is 375 g/mol. The fourth-order valence-electron chi connectivity index (χ4n) is 5.21. The van der Waals surface area contributed by atoms with Crippen LogP contribution in [0.1, 0.15) is 39.6 Å². The molecule has 2 bridgehead atoms. The molecule has 0 spiro atoms. The third-order valence-electron chi connectivity index (χ3n) is 6.34. The number of aromatic nitrogens is 2. The minimum absolute atomic E-state index is 0.0986. The highest BCUT2D eigenvalue weighted by atomic mass is 16.1. The number of likely N-dealkylation sites (tertiary alicyclic amines) is 1. The standard InChI is InChI=1S/C23H25N3O2/c1-14-6-7-18-19(8-14)24-15(2)23(18)21(27)13-25-10-16-9-17(12-25)20-4-3-5-22(28)26(20)11-16/h3-8,16-17,24H,9-13H2,1-2H3. The molecule has 144 valence electrons. The highest BCUT2D eigenvalue weighted by molar-refractivity contribution is 6.10. The largest absolute Gasteiger partial charge is 0.358 e. The Hall–Kier alpha value is -2.66. The van der Waals surface area contributed by atoms with Gasteiger partial charge < -0.3 is 9.55 Å². The Labute approximate surface area is 164 Å². The molecular formula is C23H25N3O2. The second-order valence-corrected chi connectivity index (χ2v) is 8.49. The van der Waals surface area contributed by atoms with E-state index in [4.69, 9.17) is 0 Å². The number of benzene rings is 1. The van der Waals surface area contributed by atoms with Crippen LogP contribution >= 0.6 is 0 Å². The van der Waals surface area contributed by atoms with E-state index in [0.29, 0.717) is 18.4 Å². The third kappa shape index (κ3) is 2.81. The van der Waals surface area contributed by atoms with E-state index in [0.717, 1.165) is 53.9 Å². The first-order valence-electron chi connectivity index (χ1n) is 10.0. The molecule has 28 heavy (non-hydrogen) atoms. The zero-order valence-electron chi connectivity index (χ0n) is 16.4. The number of fused-ring (bicyclic) bond motifs is 5. The maximum Gasteiger partial charge on any atom is 0.250 e. The van der Waals surface area contributed by atoms with E-state index in [1.54, 1.807) is 6.07 Å². The summed E-state index contributed by atoms with van der Waals surface area (Å²) in [5.74, 6) is 0.949. The van der Waals surface area contributed by atoms with Gasteiger partial charge in [0, 0.05) is 59.5 Å². The Balaban J connectivity index is 1.40. The number of ketones is 1. The van der Waals surface area contributed by atoms with Crippen LogP contribution < -0.4 is 5.56 Å². The van der Waals surface area contributed by atoms with Crippen molar-refractivity contribution in [1.29, 1.82) is 0 Å². The molecule has 2 aliphatic heterocycles. The molecule has 1 N–H and O–H groups in total. The van der Waals surface area contributed by atoms with E-state index >= 15 is 0 Å². The van der Waals surface area contributed by atoms with Gasteiger partial charge in [0.25, 0.3) is 5.56 Å². The van der Waals surface area contributed by atoms with Crippen LogP contribution in [0.15, 0.2) is 41.2 Å². The number of aryl methyl sites for hydroxylation is 2. The molecule has 1 fully saturated rings. The summed E-state index contributed by atoms with van der Waals surface area (Å²) in [6.45, 7) is 6.96. The first-order chi connectivity index (χ1) is 13.5. The monoisotopic (exact) mass is 375 g/mol. The summed E-state index contributed by atoms with van der Waals surface area (Å²) in [7, 11) is 0. The molecular weight excluding hydrogens is 350 g/mol. The fourth-order valence-corrected chi connectivity index (χ4v) is 5.21. The van der Waals surface area contributed by atoms with Crippen molar-refractivity contribution in [2.75, 3.05) is 19.6 Å². The van der Waals surface area contributed by atoms with Crippen molar-refractivity contribution in [2.24, 2.45) is 5.92 Å². The number of rotatable bonds is 3. The zero-order chi connectivity index (χ0) is 19.4. The maximum absolute atomic E-state index is 13.2. The average Bonchev–Trinajstić information content (AvgIpc) is 2.97. The topological polar surface area (TPSA) is 58.1 Å². The molecule has 2 aromatic heterocycles. The van der Waals surface area contributed by atoms with Gasteiger partial charge in [-0.3, -0.25) is 14.5 Å². The van der Waals surface area contributed by atoms with Crippen molar-refractivity contribution >= 4 is 16.7 Å². The van der Waals surface area contributed by atoms with Gasteiger partial charge in [-0.05, 0) is 43.9 Å². The smallest absolute Gasteiger partial charge is 0.250 e. The highest BCUT2D eigenvalue weighted by Gasteiger charge is 2.35. The van der Waals surface area contributed by atoms with Gasteiger partial charge in [0.05, 0.1) is 6.54 Å². The van der Waals surface area contributed by atoms with Gasteiger partial charge in [0.2, 0.25) is 0 Å². The molecule has 5 heteroatoms. The SMILES string of the molecule is Cc1ccc2c(C(=O)CN3CC4CC(C3)c3cccc(=O)n3C4)c(C)[nH]c2c1. The predicted octanol–water partition coefficient (Wildman–Crippen LogP) is 3.25. The van der Waals surface area contributed by atoms with Crippen LogP contribution in [0.25, 0.3) is 10.9 Å². The van der Waals surface area contributed by atoms with Crippen molar-refractivity contribution in [2.45, 2.75) is 32.7 Å². The van der Waals surface area contributed by atoms with Crippen molar-refractivity contribution in [3.05, 3.63) is 69.3 Å². The lowest BCUT2D eigenvalue weighted by atomic mass is 9.83. The normalized spacial score (nSPS) is 21.6. The Morgan fingerprint density at radius 2 is 2.00 bits per heavy atom. The van der Waals surface area contributed by atoms with Gasteiger partial charge in [-0.15, -0.1) is 0 Å².